The monoisotopic (exact) mass is 234 g/mol. The Morgan fingerprint density at radius 2 is 2.33 bits per heavy atom. The van der Waals surface area contributed by atoms with Gasteiger partial charge in [0.15, 0.2) is 0 Å². The Labute approximate surface area is 93.5 Å². The molecule has 6 heteroatoms. The van der Waals surface area contributed by atoms with Crippen molar-refractivity contribution in [3.05, 3.63) is 0 Å². The van der Waals surface area contributed by atoms with Gasteiger partial charge in [-0.3, -0.25) is 10.1 Å². The number of ether oxygens (including phenoxy) is 1. The molecule has 2 atom stereocenters. The van der Waals surface area contributed by atoms with Crippen LogP contribution >= 0.6 is 11.6 Å². The number of nitrogens with one attached hydrogen (secondary N) is 2. The van der Waals surface area contributed by atoms with E-state index in [1.165, 1.54) is 0 Å². The Morgan fingerprint density at radius 3 is 2.87 bits per heavy atom. The maximum absolute atomic E-state index is 11.2. The van der Waals surface area contributed by atoms with Gasteiger partial charge >= 0.3 is 6.03 Å². The fourth-order valence-electron chi connectivity index (χ4n) is 1.49. The third kappa shape index (κ3) is 4.05. The van der Waals surface area contributed by atoms with Crippen LogP contribution in [0.5, 0.6) is 0 Å². The molecule has 0 radical (unpaired) electrons. The lowest BCUT2D eigenvalue weighted by atomic mass is 10.1. The van der Waals surface area contributed by atoms with Crippen molar-refractivity contribution in [3.63, 3.8) is 0 Å². The van der Waals surface area contributed by atoms with E-state index in [1.54, 1.807) is 0 Å². The minimum absolute atomic E-state index is 0.0434. The molecule has 0 bridgehead atoms. The van der Waals surface area contributed by atoms with Crippen LogP contribution in [0.25, 0.3) is 0 Å². The van der Waals surface area contributed by atoms with Crippen LogP contribution < -0.4 is 10.6 Å². The Balaban J connectivity index is 2.27. The normalized spacial score (nSPS) is 22.1. The average molecular weight is 235 g/mol. The predicted octanol–water partition coefficient (Wildman–Crippen LogP) is 0.618. The van der Waals surface area contributed by atoms with E-state index in [-0.39, 0.29) is 18.0 Å². The van der Waals surface area contributed by atoms with E-state index >= 15 is 0 Å². The molecule has 3 amide bonds. The first-order valence-electron chi connectivity index (χ1n) is 4.91. The van der Waals surface area contributed by atoms with Gasteiger partial charge in [-0.1, -0.05) is 0 Å². The summed E-state index contributed by atoms with van der Waals surface area (Å²) >= 11 is 5.24. The quantitative estimate of drug-likeness (QED) is 0.704. The molecule has 1 rings (SSSR count). The summed E-state index contributed by atoms with van der Waals surface area (Å²) < 4.78 is 5.39. The fraction of sp³-hybridized carbons (Fsp3) is 0.778. The van der Waals surface area contributed by atoms with Crippen LogP contribution in [0, 0.1) is 0 Å². The van der Waals surface area contributed by atoms with Gasteiger partial charge in [-0.05, 0) is 19.8 Å². The zero-order chi connectivity index (χ0) is 11.3. The molecule has 5 nitrogen and oxygen atoms in total. The van der Waals surface area contributed by atoms with E-state index in [0.717, 1.165) is 19.4 Å². The second kappa shape index (κ2) is 5.92. The summed E-state index contributed by atoms with van der Waals surface area (Å²) in [7, 11) is 0. The number of carbonyl (C=O) groups is 2. The first-order chi connectivity index (χ1) is 7.13. The zero-order valence-corrected chi connectivity index (χ0v) is 9.34. The van der Waals surface area contributed by atoms with E-state index < -0.39 is 11.9 Å². The van der Waals surface area contributed by atoms with Crippen LogP contribution in [0.1, 0.15) is 19.8 Å². The topological polar surface area (TPSA) is 67.4 Å². The van der Waals surface area contributed by atoms with Crippen LogP contribution in [0.2, 0.25) is 0 Å². The molecule has 1 fully saturated rings. The lowest BCUT2D eigenvalue weighted by Crippen LogP contribution is -2.47. The Hall–Kier alpha value is -0.810. The Bertz CT molecular complexity index is 242. The largest absolute Gasteiger partial charge is 0.376 e. The number of imide groups is 1. The highest BCUT2D eigenvalue weighted by atomic mass is 35.5. The minimum atomic E-state index is -0.524. The summed E-state index contributed by atoms with van der Waals surface area (Å²) in [6, 6.07) is -0.626. The summed E-state index contributed by atoms with van der Waals surface area (Å²) in [5.74, 6) is -0.726. The van der Waals surface area contributed by atoms with Crippen LogP contribution in [-0.4, -0.2) is 36.6 Å². The maximum Gasteiger partial charge on any atom is 0.321 e. The van der Waals surface area contributed by atoms with Gasteiger partial charge in [0.1, 0.15) is 5.88 Å². The van der Waals surface area contributed by atoms with E-state index in [1.807, 2.05) is 6.92 Å². The fourth-order valence-corrected chi connectivity index (χ4v) is 1.56. The lowest BCUT2D eigenvalue weighted by molar-refractivity contribution is -0.117. The number of alkyl halides is 1. The molecule has 15 heavy (non-hydrogen) atoms. The highest BCUT2D eigenvalue weighted by molar-refractivity contribution is 6.28. The molecule has 1 aliphatic rings. The zero-order valence-electron chi connectivity index (χ0n) is 8.59. The molecule has 0 saturated carbocycles. The smallest absolute Gasteiger partial charge is 0.321 e. The summed E-state index contributed by atoms with van der Waals surface area (Å²) in [5, 5.41) is 4.74. The van der Waals surface area contributed by atoms with Gasteiger partial charge in [0.2, 0.25) is 5.91 Å². The third-order valence-electron chi connectivity index (χ3n) is 2.26. The number of hydrogen-bond acceptors (Lipinski definition) is 3. The number of carbonyl (C=O) groups excluding carboxylic acids is 2. The molecule has 1 aliphatic heterocycles. The molecule has 0 aromatic carbocycles. The molecule has 86 valence electrons. The van der Waals surface area contributed by atoms with Crippen molar-refractivity contribution in [2.24, 2.45) is 0 Å². The average Bonchev–Trinajstić information content (AvgIpc) is 2.70. The number of urea groups is 1. The Morgan fingerprint density at radius 1 is 1.60 bits per heavy atom. The predicted molar refractivity (Wildman–Crippen MR) is 55.8 cm³/mol. The number of hydrogen-bond donors (Lipinski definition) is 2. The molecule has 0 spiro atoms. The van der Waals surface area contributed by atoms with Gasteiger partial charge in [0.05, 0.1) is 12.1 Å². The van der Waals surface area contributed by atoms with Crippen LogP contribution in [0.4, 0.5) is 4.79 Å². The van der Waals surface area contributed by atoms with Gasteiger partial charge in [0, 0.05) is 6.61 Å². The molecule has 0 aliphatic carbocycles. The third-order valence-corrected chi connectivity index (χ3v) is 2.50. The maximum atomic E-state index is 11.2. The number of halogens is 1. The standard InChI is InChI=1S/C9H15ClN2O3/c1-6(7-3-2-4-15-7)11-9(14)12-8(13)5-10/h6-7H,2-5H2,1H3,(H2,11,12,13,14). The highest BCUT2D eigenvalue weighted by Crippen LogP contribution is 2.15. The van der Waals surface area contributed by atoms with Crippen molar-refractivity contribution in [1.82, 2.24) is 10.6 Å². The lowest BCUT2D eigenvalue weighted by Gasteiger charge is -2.19. The molecule has 2 unspecified atom stereocenters. The van der Waals surface area contributed by atoms with E-state index in [4.69, 9.17) is 16.3 Å². The summed E-state index contributed by atoms with van der Waals surface area (Å²) in [4.78, 5) is 22.0. The summed E-state index contributed by atoms with van der Waals surface area (Å²) in [5.41, 5.74) is 0. The molecular weight excluding hydrogens is 220 g/mol. The molecule has 0 aromatic rings. The van der Waals surface area contributed by atoms with Gasteiger partial charge in [-0.25, -0.2) is 4.79 Å². The van der Waals surface area contributed by atoms with Crippen LogP contribution in [-0.2, 0) is 9.53 Å². The molecule has 0 aromatic heterocycles. The minimum Gasteiger partial charge on any atom is -0.376 e. The van der Waals surface area contributed by atoms with Crippen molar-refractivity contribution >= 4 is 23.5 Å². The van der Waals surface area contributed by atoms with Crippen molar-refractivity contribution < 1.29 is 14.3 Å². The number of amides is 3. The summed E-state index contributed by atoms with van der Waals surface area (Å²) in [6.07, 6.45) is 1.99. The second-order valence-electron chi connectivity index (χ2n) is 3.50. The van der Waals surface area contributed by atoms with Crippen molar-refractivity contribution in [2.45, 2.75) is 31.9 Å². The summed E-state index contributed by atoms with van der Waals surface area (Å²) in [6.45, 7) is 2.58. The Kier molecular flexibility index (Phi) is 4.84. The molecule has 2 N–H and O–H groups in total. The highest BCUT2D eigenvalue weighted by Gasteiger charge is 2.23. The van der Waals surface area contributed by atoms with Crippen molar-refractivity contribution in [2.75, 3.05) is 12.5 Å². The number of rotatable bonds is 3. The van der Waals surface area contributed by atoms with E-state index in [0.29, 0.717) is 0 Å². The first kappa shape index (κ1) is 12.3. The molecule has 1 saturated heterocycles. The van der Waals surface area contributed by atoms with Crippen molar-refractivity contribution in [3.8, 4) is 0 Å². The SMILES string of the molecule is CC(NC(=O)NC(=O)CCl)C1CCCO1. The van der Waals surface area contributed by atoms with Crippen LogP contribution in [0.3, 0.4) is 0 Å². The van der Waals surface area contributed by atoms with Gasteiger partial charge in [0.25, 0.3) is 0 Å². The molecular formula is C9H15ClN2O3. The van der Waals surface area contributed by atoms with E-state index in [9.17, 15) is 9.59 Å². The molecule has 1 heterocycles. The van der Waals surface area contributed by atoms with Crippen molar-refractivity contribution in [1.29, 1.82) is 0 Å². The van der Waals surface area contributed by atoms with Gasteiger partial charge in [-0.2, -0.15) is 0 Å². The van der Waals surface area contributed by atoms with Gasteiger partial charge < -0.3 is 10.1 Å². The van der Waals surface area contributed by atoms with Gasteiger partial charge in [-0.15, -0.1) is 11.6 Å². The van der Waals surface area contributed by atoms with Crippen LogP contribution in [0.15, 0.2) is 0 Å². The first-order valence-corrected chi connectivity index (χ1v) is 5.45. The van der Waals surface area contributed by atoms with E-state index in [2.05, 4.69) is 10.6 Å². The second-order valence-corrected chi connectivity index (χ2v) is 3.76.